The van der Waals surface area contributed by atoms with E-state index in [9.17, 15) is 14.0 Å². The van der Waals surface area contributed by atoms with E-state index in [1.807, 2.05) is 51.1 Å². The molecule has 32 heavy (non-hydrogen) atoms. The summed E-state index contributed by atoms with van der Waals surface area (Å²) in [4.78, 5) is 26.7. The number of likely N-dealkylation sites (tertiary alicyclic amines) is 1. The number of rotatable bonds is 5. The fraction of sp³-hybridized carbons (Fsp3) is 0.440. The molecule has 0 saturated carbocycles. The van der Waals surface area contributed by atoms with Crippen molar-refractivity contribution >= 4 is 12.2 Å². The van der Waals surface area contributed by atoms with Crippen LogP contribution in [0.4, 0.5) is 14.0 Å². The summed E-state index contributed by atoms with van der Waals surface area (Å²) < 4.78 is 24.3. The van der Waals surface area contributed by atoms with Crippen molar-refractivity contribution in [3.63, 3.8) is 0 Å². The molecule has 0 radical (unpaired) electrons. The Morgan fingerprint density at radius 2 is 1.62 bits per heavy atom. The minimum Gasteiger partial charge on any atom is -0.445 e. The van der Waals surface area contributed by atoms with Crippen LogP contribution < -0.4 is 5.32 Å². The van der Waals surface area contributed by atoms with E-state index in [2.05, 4.69) is 5.32 Å². The fourth-order valence-electron chi connectivity index (χ4n) is 3.76. The normalized spacial score (nSPS) is 15.7. The topological polar surface area (TPSA) is 67.9 Å². The second-order valence-electron chi connectivity index (χ2n) is 9.24. The van der Waals surface area contributed by atoms with E-state index >= 15 is 0 Å². The highest BCUT2D eigenvalue weighted by Gasteiger charge is 2.39. The molecule has 0 unspecified atom stereocenters. The van der Waals surface area contributed by atoms with Crippen molar-refractivity contribution in [2.24, 2.45) is 0 Å². The van der Waals surface area contributed by atoms with Crippen LogP contribution in [0.15, 0.2) is 54.6 Å². The van der Waals surface area contributed by atoms with Crippen molar-refractivity contribution in [2.75, 3.05) is 13.1 Å². The lowest BCUT2D eigenvalue weighted by Gasteiger charge is -2.42. The van der Waals surface area contributed by atoms with E-state index in [1.165, 1.54) is 12.1 Å². The predicted molar refractivity (Wildman–Crippen MR) is 120 cm³/mol. The number of ether oxygens (including phenoxy) is 2. The SMILES string of the molecule is CC(C)(C)OC(=O)N1CCC(Cc2ccc(F)cc2)(NC(=O)OCc2ccccc2)CC1. The number of piperidine rings is 1. The summed E-state index contributed by atoms with van der Waals surface area (Å²) in [6, 6.07) is 15.7. The summed E-state index contributed by atoms with van der Waals surface area (Å²) in [7, 11) is 0. The number of hydrogen-bond donors (Lipinski definition) is 1. The lowest BCUT2D eigenvalue weighted by Crippen LogP contribution is -2.57. The third-order valence-electron chi connectivity index (χ3n) is 5.41. The van der Waals surface area contributed by atoms with Crippen LogP contribution in [0.5, 0.6) is 0 Å². The number of hydrogen-bond acceptors (Lipinski definition) is 4. The van der Waals surface area contributed by atoms with Crippen molar-refractivity contribution < 1.29 is 23.5 Å². The molecule has 3 rings (SSSR count). The zero-order chi connectivity index (χ0) is 23.2. The molecule has 0 atom stereocenters. The number of benzene rings is 2. The van der Waals surface area contributed by atoms with E-state index < -0.39 is 17.2 Å². The lowest BCUT2D eigenvalue weighted by atomic mass is 9.82. The van der Waals surface area contributed by atoms with E-state index in [1.54, 1.807) is 17.0 Å². The van der Waals surface area contributed by atoms with Gasteiger partial charge in [-0.25, -0.2) is 14.0 Å². The van der Waals surface area contributed by atoms with Gasteiger partial charge in [-0.2, -0.15) is 0 Å². The fourth-order valence-corrected chi connectivity index (χ4v) is 3.76. The number of carbonyl (C=O) groups excluding carboxylic acids is 2. The molecule has 1 aliphatic rings. The smallest absolute Gasteiger partial charge is 0.410 e. The zero-order valence-electron chi connectivity index (χ0n) is 18.9. The summed E-state index contributed by atoms with van der Waals surface area (Å²) in [6.45, 7) is 6.54. The molecule has 0 bridgehead atoms. The van der Waals surface area contributed by atoms with Crippen LogP contribution >= 0.6 is 0 Å². The number of amides is 2. The molecule has 0 aromatic heterocycles. The summed E-state index contributed by atoms with van der Waals surface area (Å²) >= 11 is 0. The maximum atomic E-state index is 13.4. The number of halogens is 1. The van der Waals surface area contributed by atoms with E-state index in [4.69, 9.17) is 9.47 Å². The van der Waals surface area contributed by atoms with Gasteiger partial charge in [0.25, 0.3) is 0 Å². The molecule has 1 fully saturated rings. The molecule has 7 heteroatoms. The average Bonchev–Trinajstić information content (AvgIpc) is 2.74. The molecule has 1 N–H and O–H groups in total. The van der Waals surface area contributed by atoms with E-state index in [0.717, 1.165) is 11.1 Å². The Morgan fingerprint density at radius 1 is 1.00 bits per heavy atom. The second-order valence-corrected chi connectivity index (χ2v) is 9.24. The molecular weight excluding hydrogens is 411 g/mol. The predicted octanol–water partition coefficient (Wildman–Crippen LogP) is 5.06. The van der Waals surface area contributed by atoms with Crippen LogP contribution in [-0.4, -0.2) is 41.3 Å². The molecule has 0 aliphatic carbocycles. The maximum absolute atomic E-state index is 13.4. The first-order valence-electron chi connectivity index (χ1n) is 10.9. The maximum Gasteiger partial charge on any atom is 0.410 e. The molecule has 2 aromatic rings. The van der Waals surface area contributed by atoms with Crippen molar-refractivity contribution in [2.45, 2.75) is 57.8 Å². The largest absolute Gasteiger partial charge is 0.445 e. The summed E-state index contributed by atoms with van der Waals surface area (Å²) in [6.07, 6.45) is 0.700. The number of nitrogens with zero attached hydrogens (tertiary/aromatic N) is 1. The Morgan fingerprint density at radius 3 is 2.22 bits per heavy atom. The minimum absolute atomic E-state index is 0.170. The zero-order valence-corrected chi connectivity index (χ0v) is 18.9. The van der Waals surface area contributed by atoms with Crippen LogP contribution in [-0.2, 0) is 22.5 Å². The number of carbonyl (C=O) groups is 2. The molecule has 1 heterocycles. The van der Waals surface area contributed by atoms with Gasteiger partial charge in [0.1, 0.15) is 18.0 Å². The molecule has 0 spiro atoms. The van der Waals surface area contributed by atoms with Gasteiger partial charge >= 0.3 is 12.2 Å². The summed E-state index contributed by atoms with van der Waals surface area (Å²) in [5.74, 6) is -0.308. The third kappa shape index (κ3) is 6.97. The Bertz CT molecular complexity index is 902. The highest BCUT2D eigenvalue weighted by atomic mass is 19.1. The summed E-state index contributed by atoms with van der Waals surface area (Å²) in [5.41, 5.74) is 0.624. The Kier molecular flexibility index (Phi) is 7.38. The summed E-state index contributed by atoms with van der Waals surface area (Å²) in [5, 5.41) is 3.04. The Balaban J connectivity index is 1.67. The monoisotopic (exact) mass is 442 g/mol. The van der Waals surface area contributed by atoms with Gasteiger partial charge in [0.05, 0.1) is 5.54 Å². The Labute approximate surface area is 188 Å². The van der Waals surface area contributed by atoms with Gasteiger partial charge in [0, 0.05) is 13.1 Å². The standard InChI is InChI=1S/C25H31FN2O4/c1-24(2,3)32-23(30)28-15-13-25(14-16-28,17-19-9-11-21(26)12-10-19)27-22(29)31-18-20-7-5-4-6-8-20/h4-12H,13-18H2,1-3H3,(H,27,29). The molecule has 2 amide bonds. The first kappa shape index (κ1) is 23.6. The van der Waals surface area contributed by atoms with Crippen molar-refractivity contribution in [3.8, 4) is 0 Å². The average molecular weight is 443 g/mol. The molecule has 172 valence electrons. The van der Waals surface area contributed by atoms with Gasteiger partial charge < -0.3 is 19.7 Å². The lowest BCUT2D eigenvalue weighted by molar-refractivity contribution is 0.0145. The molecule has 1 saturated heterocycles. The van der Waals surface area contributed by atoms with Crippen LogP contribution in [0.1, 0.15) is 44.7 Å². The van der Waals surface area contributed by atoms with Crippen molar-refractivity contribution in [1.82, 2.24) is 10.2 Å². The van der Waals surface area contributed by atoms with Gasteiger partial charge in [0.2, 0.25) is 0 Å². The van der Waals surface area contributed by atoms with Crippen LogP contribution in [0.25, 0.3) is 0 Å². The molecule has 2 aromatic carbocycles. The van der Waals surface area contributed by atoms with Crippen LogP contribution in [0.2, 0.25) is 0 Å². The van der Waals surface area contributed by atoms with Crippen LogP contribution in [0.3, 0.4) is 0 Å². The minimum atomic E-state index is -0.607. The second kappa shape index (κ2) is 10.0. The van der Waals surface area contributed by atoms with Crippen molar-refractivity contribution in [1.29, 1.82) is 0 Å². The van der Waals surface area contributed by atoms with E-state index in [-0.39, 0.29) is 18.5 Å². The van der Waals surface area contributed by atoms with Gasteiger partial charge in [-0.05, 0) is 63.3 Å². The molecule has 1 aliphatic heterocycles. The highest BCUT2D eigenvalue weighted by molar-refractivity contribution is 5.70. The third-order valence-corrected chi connectivity index (χ3v) is 5.41. The van der Waals surface area contributed by atoms with Gasteiger partial charge in [-0.1, -0.05) is 42.5 Å². The van der Waals surface area contributed by atoms with Gasteiger partial charge in [0.15, 0.2) is 0 Å². The highest BCUT2D eigenvalue weighted by Crippen LogP contribution is 2.28. The first-order chi connectivity index (χ1) is 15.1. The first-order valence-corrected chi connectivity index (χ1v) is 10.9. The Hall–Kier alpha value is -3.09. The molecule has 6 nitrogen and oxygen atoms in total. The quantitative estimate of drug-likeness (QED) is 0.703. The van der Waals surface area contributed by atoms with Gasteiger partial charge in [-0.15, -0.1) is 0 Å². The number of alkyl carbamates (subject to hydrolysis) is 1. The van der Waals surface area contributed by atoms with E-state index in [0.29, 0.717) is 32.4 Å². The molecular formula is C25H31FN2O4. The van der Waals surface area contributed by atoms with Crippen LogP contribution in [0, 0.1) is 5.82 Å². The number of nitrogens with one attached hydrogen (secondary N) is 1. The van der Waals surface area contributed by atoms with Crippen molar-refractivity contribution in [3.05, 3.63) is 71.5 Å². The van der Waals surface area contributed by atoms with Gasteiger partial charge in [-0.3, -0.25) is 0 Å².